The molecule has 124 valence electrons. The van der Waals surface area contributed by atoms with Crippen molar-refractivity contribution in [1.29, 1.82) is 0 Å². The summed E-state index contributed by atoms with van der Waals surface area (Å²) < 4.78 is 2.10. The lowest BCUT2D eigenvalue weighted by atomic mass is 10.1. The first kappa shape index (κ1) is 16.5. The highest BCUT2D eigenvalue weighted by Crippen LogP contribution is 2.37. The number of hydrogen-bond donors (Lipinski definition) is 1. The van der Waals surface area contributed by atoms with Crippen molar-refractivity contribution in [2.75, 3.05) is 0 Å². The van der Waals surface area contributed by atoms with Crippen molar-refractivity contribution in [3.8, 4) is 11.6 Å². The summed E-state index contributed by atoms with van der Waals surface area (Å²) in [5.74, 6) is 0.0682. The van der Waals surface area contributed by atoms with Crippen molar-refractivity contribution < 1.29 is 5.11 Å². The van der Waals surface area contributed by atoms with Crippen molar-refractivity contribution >= 4 is 70.3 Å². The van der Waals surface area contributed by atoms with Gasteiger partial charge in [-0.2, -0.15) is 0 Å². The third-order valence-corrected chi connectivity index (χ3v) is 5.87. The molecule has 0 atom stereocenters. The molecule has 0 saturated carbocycles. The summed E-state index contributed by atoms with van der Waals surface area (Å²) in [5.41, 5.74) is 3.55. The standard InChI is InChI=1S/C18H10Cl2N2OS2/c19-13-6-5-11(8-14(13)20)22-17(23)16(25-18(22)24)7-10-9-21-15-4-2-1-3-12(10)15/h1-9,23H. The van der Waals surface area contributed by atoms with Gasteiger partial charge in [-0.25, -0.2) is 0 Å². The van der Waals surface area contributed by atoms with E-state index in [9.17, 15) is 5.11 Å². The summed E-state index contributed by atoms with van der Waals surface area (Å²) in [4.78, 5) is 5.04. The zero-order chi connectivity index (χ0) is 17.6. The molecule has 3 nitrogen and oxygen atoms in total. The fraction of sp³-hybridized carbons (Fsp3) is 0. The Labute approximate surface area is 163 Å². The molecule has 4 rings (SSSR count). The van der Waals surface area contributed by atoms with E-state index in [1.54, 1.807) is 29.0 Å². The number of para-hydroxylation sites is 1. The molecule has 0 bridgehead atoms. The Morgan fingerprint density at radius 3 is 2.72 bits per heavy atom. The van der Waals surface area contributed by atoms with Gasteiger partial charge in [0.25, 0.3) is 0 Å². The number of fused-ring (bicyclic) bond motifs is 1. The van der Waals surface area contributed by atoms with Crippen molar-refractivity contribution in [2.24, 2.45) is 4.99 Å². The van der Waals surface area contributed by atoms with Gasteiger partial charge in [0, 0.05) is 17.4 Å². The summed E-state index contributed by atoms with van der Waals surface area (Å²) >= 11 is 18.8. The number of halogens is 2. The van der Waals surface area contributed by atoms with E-state index in [4.69, 9.17) is 35.4 Å². The van der Waals surface area contributed by atoms with Crippen LogP contribution >= 0.6 is 46.8 Å². The number of allylic oxidation sites excluding steroid dienone is 1. The van der Waals surface area contributed by atoms with Crippen molar-refractivity contribution in [3.05, 3.63) is 66.9 Å². The molecule has 0 spiro atoms. The largest absolute Gasteiger partial charge is 0.493 e. The molecule has 1 aromatic heterocycles. The lowest BCUT2D eigenvalue weighted by Crippen LogP contribution is -1.93. The molecule has 0 saturated heterocycles. The lowest BCUT2D eigenvalue weighted by Gasteiger charge is -2.06. The van der Waals surface area contributed by atoms with Crippen LogP contribution in [0.4, 0.5) is 5.69 Å². The number of hydrogen-bond acceptors (Lipinski definition) is 4. The third-order valence-electron chi connectivity index (χ3n) is 3.82. The van der Waals surface area contributed by atoms with Crippen LogP contribution in [-0.2, 0) is 0 Å². The SMILES string of the molecule is Oc1c(C=C2C=Nc3ccccc32)sc(=S)n1-c1ccc(Cl)c(Cl)c1. The van der Waals surface area contributed by atoms with Crippen molar-refractivity contribution in [1.82, 2.24) is 4.57 Å². The number of rotatable bonds is 2. The zero-order valence-electron chi connectivity index (χ0n) is 12.6. The smallest absolute Gasteiger partial charge is 0.215 e. The maximum absolute atomic E-state index is 10.7. The van der Waals surface area contributed by atoms with Crippen LogP contribution in [0.25, 0.3) is 17.3 Å². The summed E-state index contributed by atoms with van der Waals surface area (Å²) in [7, 11) is 0. The van der Waals surface area contributed by atoms with E-state index in [0.29, 0.717) is 24.6 Å². The quantitative estimate of drug-likeness (QED) is 0.492. The van der Waals surface area contributed by atoms with Crippen LogP contribution < -0.4 is 0 Å². The normalized spacial score (nSPS) is 14.2. The van der Waals surface area contributed by atoms with E-state index in [-0.39, 0.29) is 5.88 Å². The number of benzene rings is 2. The molecule has 1 N–H and O–H groups in total. The number of aromatic nitrogens is 1. The molecule has 25 heavy (non-hydrogen) atoms. The Kier molecular flexibility index (Phi) is 4.25. The number of nitrogens with zero attached hydrogens (tertiary/aromatic N) is 2. The number of aromatic hydroxyl groups is 1. The van der Waals surface area contributed by atoms with Gasteiger partial charge in [-0.1, -0.05) is 41.4 Å². The highest BCUT2D eigenvalue weighted by Gasteiger charge is 2.16. The molecule has 0 fully saturated rings. The predicted molar refractivity (Wildman–Crippen MR) is 109 cm³/mol. The molecule has 7 heteroatoms. The Morgan fingerprint density at radius 1 is 1.12 bits per heavy atom. The Balaban J connectivity index is 1.82. The first-order chi connectivity index (χ1) is 12.0. The van der Waals surface area contributed by atoms with Crippen molar-refractivity contribution in [2.45, 2.75) is 0 Å². The molecule has 3 aromatic rings. The second kappa shape index (κ2) is 6.42. The summed E-state index contributed by atoms with van der Waals surface area (Å²) in [6.45, 7) is 0. The Bertz CT molecular complexity index is 1110. The van der Waals surface area contributed by atoms with Crippen LogP contribution in [0.1, 0.15) is 10.4 Å². The summed E-state index contributed by atoms with van der Waals surface area (Å²) in [5, 5.41) is 11.5. The molecule has 2 aromatic carbocycles. The van der Waals surface area contributed by atoms with E-state index in [0.717, 1.165) is 16.8 Å². The first-order valence-electron chi connectivity index (χ1n) is 7.30. The van der Waals surface area contributed by atoms with Crippen LogP contribution in [0, 0.1) is 3.95 Å². The first-order valence-corrected chi connectivity index (χ1v) is 9.28. The number of aliphatic imine (C=N–C) groups is 1. The van der Waals surface area contributed by atoms with Crippen LogP contribution in [-0.4, -0.2) is 15.9 Å². The van der Waals surface area contributed by atoms with E-state index in [1.807, 2.05) is 30.3 Å². The number of thiazole rings is 1. The highest BCUT2D eigenvalue weighted by molar-refractivity contribution is 7.73. The van der Waals surface area contributed by atoms with Gasteiger partial charge >= 0.3 is 0 Å². The van der Waals surface area contributed by atoms with E-state index >= 15 is 0 Å². The molecule has 1 aliphatic heterocycles. The fourth-order valence-corrected chi connectivity index (χ4v) is 4.22. The third kappa shape index (κ3) is 2.93. The van der Waals surface area contributed by atoms with Gasteiger partial charge in [-0.15, -0.1) is 11.3 Å². The topological polar surface area (TPSA) is 37.5 Å². The molecule has 0 radical (unpaired) electrons. The van der Waals surface area contributed by atoms with E-state index in [2.05, 4.69) is 4.99 Å². The maximum atomic E-state index is 10.7. The summed E-state index contributed by atoms with van der Waals surface area (Å²) in [6, 6.07) is 13.0. The van der Waals surface area contributed by atoms with Gasteiger partial charge in [0.15, 0.2) is 3.95 Å². The minimum absolute atomic E-state index is 0.0682. The van der Waals surface area contributed by atoms with E-state index < -0.39 is 0 Å². The van der Waals surface area contributed by atoms with Crippen LogP contribution in [0.3, 0.4) is 0 Å². The van der Waals surface area contributed by atoms with Gasteiger partial charge < -0.3 is 5.11 Å². The van der Waals surface area contributed by atoms with Gasteiger partial charge in [-0.05, 0) is 42.6 Å². The molecule has 0 amide bonds. The maximum Gasteiger partial charge on any atom is 0.215 e. The minimum atomic E-state index is 0.0682. The minimum Gasteiger partial charge on any atom is -0.493 e. The molecule has 1 aliphatic rings. The zero-order valence-corrected chi connectivity index (χ0v) is 15.8. The van der Waals surface area contributed by atoms with Gasteiger partial charge in [0.2, 0.25) is 5.88 Å². The monoisotopic (exact) mass is 404 g/mol. The lowest BCUT2D eigenvalue weighted by molar-refractivity contribution is 0.441. The second-order valence-corrected chi connectivity index (χ2v) is 7.85. The average Bonchev–Trinajstić information content (AvgIpc) is 3.12. The van der Waals surface area contributed by atoms with Crippen LogP contribution in [0.5, 0.6) is 5.88 Å². The second-order valence-electron chi connectivity index (χ2n) is 5.36. The van der Waals surface area contributed by atoms with Crippen molar-refractivity contribution in [3.63, 3.8) is 0 Å². The highest BCUT2D eigenvalue weighted by atomic mass is 35.5. The van der Waals surface area contributed by atoms with Crippen LogP contribution in [0.15, 0.2) is 47.5 Å². The van der Waals surface area contributed by atoms with E-state index in [1.165, 1.54) is 11.3 Å². The molecular weight excluding hydrogens is 395 g/mol. The molecular formula is C18H10Cl2N2OS2. The van der Waals surface area contributed by atoms with Crippen LogP contribution in [0.2, 0.25) is 10.0 Å². The predicted octanol–water partition coefficient (Wildman–Crippen LogP) is 6.54. The fourth-order valence-electron chi connectivity index (χ4n) is 2.62. The average molecular weight is 405 g/mol. The Morgan fingerprint density at radius 2 is 1.92 bits per heavy atom. The Hall–Kier alpha value is -1.92. The molecule has 2 heterocycles. The summed E-state index contributed by atoms with van der Waals surface area (Å²) in [6.07, 6.45) is 3.68. The van der Waals surface area contributed by atoms with Gasteiger partial charge in [0.05, 0.1) is 26.3 Å². The van der Waals surface area contributed by atoms with Gasteiger partial charge in [0.1, 0.15) is 0 Å². The molecule has 0 unspecified atom stereocenters. The van der Waals surface area contributed by atoms with Gasteiger partial charge in [-0.3, -0.25) is 9.56 Å². The molecule has 0 aliphatic carbocycles.